The fraction of sp³-hybridized carbons (Fsp3) is 0.350. The summed E-state index contributed by atoms with van der Waals surface area (Å²) in [6.45, 7) is 3.33. The molecule has 0 aromatic heterocycles. The summed E-state index contributed by atoms with van der Waals surface area (Å²) in [7, 11) is 1.56. The fourth-order valence-electron chi connectivity index (χ4n) is 3.26. The van der Waals surface area contributed by atoms with Crippen molar-refractivity contribution in [3.05, 3.63) is 63.2 Å². The van der Waals surface area contributed by atoms with E-state index in [9.17, 15) is 14.9 Å². The van der Waals surface area contributed by atoms with E-state index in [1.165, 1.54) is 6.07 Å². The van der Waals surface area contributed by atoms with Crippen LogP contribution in [0, 0.1) is 10.1 Å². The van der Waals surface area contributed by atoms with Gasteiger partial charge >= 0.3 is 0 Å². The summed E-state index contributed by atoms with van der Waals surface area (Å²) in [4.78, 5) is 27.7. The van der Waals surface area contributed by atoms with Crippen molar-refractivity contribution in [2.45, 2.75) is 0 Å². The number of carbonyl (C=O) groups is 1. The van der Waals surface area contributed by atoms with E-state index in [0.717, 1.165) is 5.69 Å². The van der Waals surface area contributed by atoms with Gasteiger partial charge in [0.05, 0.1) is 11.5 Å². The van der Waals surface area contributed by atoms with Crippen LogP contribution in [0.25, 0.3) is 0 Å². The lowest BCUT2D eigenvalue weighted by molar-refractivity contribution is -0.384. The third-order valence-electron chi connectivity index (χ3n) is 4.82. The van der Waals surface area contributed by atoms with E-state index in [1.54, 1.807) is 24.1 Å². The molecule has 3 rings (SSSR count). The molecule has 1 heterocycles. The zero-order chi connectivity index (χ0) is 20.8. The van der Waals surface area contributed by atoms with E-state index in [0.29, 0.717) is 55.6 Å². The molecular formula is C20H23ClN4O4. The summed E-state index contributed by atoms with van der Waals surface area (Å²) in [5.74, 6) is -0.202. The van der Waals surface area contributed by atoms with E-state index in [1.807, 2.05) is 24.3 Å². The average Bonchev–Trinajstić information content (AvgIpc) is 2.74. The van der Waals surface area contributed by atoms with Gasteiger partial charge in [-0.15, -0.1) is 0 Å². The molecule has 0 radical (unpaired) electrons. The highest BCUT2D eigenvalue weighted by atomic mass is 35.5. The van der Waals surface area contributed by atoms with E-state index in [-0.39, 0.29) is 11.6 Å². The summed E-state index contributed by atoms with van der Waals surface area (Å²) < 4.78 is 4.95. The predicted octanol–water partition coefficient (Wildman–Crippen LogP) is 3.27. The number of anilines is 2. The maximum absolute atomic E-state index is 12.9. The van der Waals surface area contributed by atoms with Crippen LogP contribution in [0.1, 0.15) is 10.4 Å². The highest BCUT2D eigenvalue weighted by molar-refractivity contribution is 6.30. The van der Waals surface area contributed by atoms with Gasteiger partial charge < -0.3 is 19.9 Å². The van der Waals surface area contributed by atoms with Crippen molar-refractivity contribution in [1.29, 1.82) is 0 Å². The summed E-state index contributed by atoms with van der Waals surface area (Å²) in [6.07, 6.45) is 0. The molecule has 9 heteroatoms. The minimum atomic E-state index is -0.482. The normalized spacial score (nSPS) is 14.0. The first-order valence-corrected chi connectivity index (χ1v) is 9.68. The van der Waals surface area contributed by atoms with Crippen LogP contribution in [-0.4, -0.2) is 62.2 Å². The molecule has 0 atom stereocenters. The summed E-state index contributed by atoms with van der Waals surface area (Å²) >= 11 is 5.93. The lowest BCUT2D eigenvalue weighted by Crippen LogP contribution is -2.48. The number of hydrogen-bond acceptors (Lipinski definition) is 6. The average molecular weight is 419 g/mol. The van der Waals surface area contributed by atoms with Crippen LogP contribution in [0.3, 0.4) is 0 Å². The number of nitrogens with one attached hydrogen (secondary N) is 1. The molecule has 0 aliphatic carbocycles. The Balaban J connectivity index is 1.66. The second-order valence-corrected chi connectivity index (χ2v) is 7.10. The Bertz CT molecular complexity index is 867. The molecule has 1 aliphatic heterocycles. The minimum absolute atomic E-state index is 0.119. The number of methoxy groups -OCH3 is 1. The van der Waals surface area contributed by atoms with Gasteiger partial charge in [-0.3, -0.25) is 14.9 Å². The van der Waals surface area contributed by atoms with Crippen molar-refractivity contribution in [2.24, 2.45) is 0 Å². The zero-order valence-electron chi connectivity index (χ0n) is 16.1. The molecule has 0 spiro atoms. The first-order chi connectivity index (χ1) is 14.0. The monoisotopic (exact) mass is 418 g/mol. The van der Waals surface area contributed by atoms with Gasteiger partial charge in [-0.05, 0) is 36.4 Å². The van der Waals surface area contributed by atoms with E-state index in [2.05, 4.69) is 10.2 Å². The highest BCUT2D eigenvalue weighted by Gasteiger charge is 2.24. The molecule has 8 nitrogen and oxygen atoms in total. The van der Waals surface area contributed by atoms with Crippen molar-refractivity contribution >= 4 is 34.6 Å². The van der Waals surface area contributed by atoms with Gasteiger partial charge in [-0.25, -0.2) is 0 Å². The van der Waals surface area contributed by atoms with Crippen LogP contribution < -0.4 is 10.2 Å². The Morgan fingerprint density at radius 2 is 1.86 bits per heavy atom. The largest absolute Gasteiger partial charge is 0.383 e. The number of carbonyl (C=O) groups excluding carboxylic acids is 1. The van der Waals surface area contributed by atoms with Crippen LogP contribution in [0.2, 0.25) is 5.02 Å². The summed E-state index contributed by atoms with van der Waals surface area (Å²) in [5.41, 5.74) is 1.63. The molecule has 2 aromatic carbocycles. The Morgan fingerprint density at radius 3 is 2.48 bits per heavy atom. The first kappa shape index (κ1) is 20.9. The number of nitro benzene ring substituents is 1. The van der Waals surface area contributed by atoms with Crippen LogP contribution in [-0.2, 0) is 4.74 Å². The number of amides is 1. The Labute approximate surface area is 174 Å². The second kappa shape index (κ2) is 9.58. The summed E-state index contributed by atoms with van der Waals surface area (Å²) in [6, 6.07) is 12.1. The lowest BCUT2D eigenvalue weighted by atomic mass is 10.1. The third-order valence-corrected chi connectivity index (χ3v) is 5.07. The summed E-state index contributed by atoms with van der Waals surface area (Å²) in [5, 5.41) is 15.1. The standard InChI is InChI=1S/C20H23ClN4O4/c1-29-13-8-22-18-7-2-15(14-19(18)25(27)28)20(26)24-11-9-23(10-12-24)17-5-3-16(21)4-6-17/h2-7,14,22H,8-13H2,1H3. The van der Waals surface area contributed by atoms with Gasteiger partial charge in [0.15, 0.2) is 0 Å². The van der Waals surface area contributed by atoms with Gasteiger partial charge in [0.2, 0.25) is 0 Å². The molecule has 1 amide bonds. The number of benzene rings is 2. The van der Waals surface area contributed by atoms with Crippen LogP contribution in [0.5, 0.6) is 0 Å². The molecule has 29 heavy (non-hydrogen) atoms. The molecular weight excluding hydrogens is 396 g/mol. The van der Waals surface area contributed by atoms with Gasteiger partial charge in [-0.1, -0.05) is 11.6 Å². The Morgan fingerprint density at radius 1 is 1.17 bits per heavy atom. The first-order valence-electron chi connectivity index (χ1n) is 9.30. The molecule has 2 aromatic rings. The van der Waals surface area contributed by atoms with Crippen molar-refractivity contribution in [1.82, 2.24) is 4.90 Å². The predicted molar refractivity (Wildman–Crippen MR) is 113 cm³/mol. The Kier molecular flexibility index (Phi) is 6.90. The SMILES string of the molecule is COCCNc1ccc(C(=O)N2CCN(c3ccc(Cl)cc3)CC2)cc1[N+](=O)[O-]. The number of ether oxygens (including phenoxy) is 1. The maximum Gasteiger partial charge on any atom is 0.293 e. The van der Waals surface area contributed by atoms with E-state index in [4.69, 9.17) is 16.3 Å². The van der Waals surface area contributed by atoms with Gasteiger partial charge in [0.25, 0.3) is 11.6 Å². The molecule has 1 aliphatic rings. The number of halogens is 1. The fourth-order valence-corrected chi connectivity index (χ4v) is 3.38. The molecule has 0 saturated carbocycles. The molecule has 1 fully saturated rings. The number of hydrogen-bond donors (Lipinski definition) is 1. The minimum Gasteiger partial charge on any atom is -0.383 e. The van der Waals surface area contributed by atoms with Crippen molar-refractivity contribution in [3.8, 4) is 0 Å². The van der Waals surface area contributed by atoms with Crippen LogP contribution in [0.4, 0.5) is 17.1 Å². The quantitative estimate of drug-likeness (QED) is 0.422. The number of piperazine rings is 1. The maximum atomic E-state index is 12.9. The molecule has 0 bridgehead atoms. The molecule has 154 valence electrons. The van der Waals surface area contributed by atoms with Gasteiger partial charge in [0, 0.05) is 62.2 Å². The van der Waals surface area contributed by atoms with Crippen molar-refractivity contribution < 1.29 is 14.5 Å². The van der Waals surface area contributed by atoms with Crippen molar-refractivity contribution in [3.63, 3.8) is 0 Å². The van der Waals surface area contributed by atoms with Crippen LogP contribution >= 0.6 is 11.6 Å². The molecule has 0 unspecified atom stereocenters. The van der Waals surface area contributed by atoms with Crippen LogP contribution in [0.15, 0.2) is 42.5 Å². The van der Waals surface area contributed by atoms with E-state index < -0.39 is 4.92 Å². The number of rotatable bonds is 7. The third kappa shape index (κ3) is 5.16. The second-order valence-electron chi connectivity index (χ2n) is 6.66. The smallest absolute Gasteiger partial charge is 0.293 e. The highest BCUT2D eigenvalue weighted by Crippen LogP contribution is 2.27. The Hall–Kier alpha value is -2.84. The zero-order valence-corrected chi connectivity index (χ0v) is 16.9. The number of nitro groups is 1. The number of nitrogens with zero attached hydrogens (tertiary/aromatic N) is 3. The van der Waals surface area contributed by atoms with E-state index >= 15 is 0 Å². The molecule has 1 saturated heterocycles. The van der Waals surface area contributed by atoms with Gasteiger partial charge in [-0.2, -0.15) is 0 Å². The van der Waals surface area contributed by atoms with Crippen molar-refractivity contribution in [2.75, 3.05) is 56.7 Å². The lowest BCUT2D eigenvalue weighted by Gasteiger charge is -2.36. The topological polar surface area (TPSA) is 88.0 Å². The molecule has 1 N–H and O–H groups in total. The van der Waals surface area contributed by atoms with Gasteiger partial charge in [0.1, 0.15) is 5.69 Å².